The maximum absolute atomic E-state index is 12.0. The fourth-order valence-electron chi connectivity index (χ4n) is 4.24. The number of aliphatic imine (C=N–C) groups is 1. The molecule has 8 heteroatoms. The van der Waals surface area contributed by atoms with Crippen molar-refractivity contribution in [3.05, 3.63) is 0 Å². The average Bonchev–Trinajstić information content (AvgIpc) is 2.69. The quantitative estimate of drug-likeness (QED) is 0.437. The summed E-state index contributed by atoms with van der Waals surface area (Å²) in [5.74, 6) is 0.712. The molecule has 0 spiro atoms. The molecule has 2 aliphatic rings. The van der Waals surface area contributed by atoms with E-state index in [1.165, 1.54) is 0 Å². The van der Waals surface area contributed by atoms with Crippen LogP contribution >= 0.6 is 0 Å². The molecule has 162 valence electrons. The molecule has 8 nitrogen and oxygen atoms in total. The Kier molecular flexibility index (Phi) is 8.98. The Morgan fingerprint density at radius 2 is 1.96 bits per heavy atom. The van der Waals surface area contributed by atoms with Gasteiger partial charge in [0, 0.05) is 58.8 Å². The van der Waals surface area contributed by atoms with Crippen LogP contribution < -0.4 is 10.6 Å². The molecule has 0 radical (unpaired) electrons. The van der Waals surface area contributed by atoms with Crippen LogP contribution in [0.4, 0.5) is 0 Å². The van der Waals surface area contributed by atoms with Crippen LogP contribution in [0.15, 0.2) is 4.99 Å². The largest absolute Gasteiger partial charge is 0.381 e. The van der Waals surface area contributed by atoms with Gasteiger partial charge < -0.3 is 25.0 Å². The first-order valence-corrected chi connectivity index (χ1v) is 10.5. The summed E-state index contributed by atoms with van der Waals surface area (Å²) in [6.45, 7) is 9.84. The third-order valence-corrected chi connectivity index (χ3v) is 6.39. The summed E-state index contributed by atoms with van der Waals surface area (Å²) < 4.78 is 11.1. The highest BCUT2D eigenvalue weighted by Gasteiger charge is 2.53. The number of hydrogen-bond acceptors (Lipinski definition) is 5. The van der Waals surface area contributed by atoms with E-state index in [1.807, 2.05) is 0 Å². The molecule has 2 atom stereocenters. The summed E-state index contributed by atoms with van der Waals surface area (Å²) in [6.07, 6.45) is 3.34. The lowest BCUT2D eigenvalue weighted by Crippen LogP contribution is -2.65. The standard InChI is InChI=1S/C20H39N5O3/c1-6-20(7-2)16(14-17(20)27-5)23-19(22-15-18(26)24(3)4)21-8-9-25-10-12-28-13-11-25/h16-17H,6-15H2,1-5H3,(H2,21,22,23). The average molecular weight is 398 g/mol. The van der Waals surface area contributed by atoms with Crippen LogP contribution in [0.2, 0.25) is 0 Å². The van der Waals surface area contributed by atoms with Crippen molar-refractivity contribution in [2.24, 2.45) is 10.4 Å². The molecule has 0 bridgehead atoms. The van der Waals surface area contributed by atoms with Crippen molar-refractivity contribution in [3.8, 4) is 0 Å². The van der Waals surface area contributed by atoms with Gasteiger partial charge in [0.05, 0.1) is 19.3 Å². The van der Waals surface area contributed by atoms with E-state index in [0.29, 0.717) is 12.0 Å². The number of hydrogen-bond donors (Lipinski definition) is 2. The first-order valence-electron chi connectivity index (χ1n) is 10.5. The number of morpholine rings is 1. The van der Waals surface area contributed by atoms with Crippen LogP contribution in [0.3, 0.4) is 0 Å². The van der Waals surface area contributed by atoms with Gasteiger partial charge in [-0.3, -0.25) is 9.69 Å². The minimum atomic E-state index is -0.00472. The Hall–Kier alpha value is -1.38. The van der Waals surface area contributed by atoms with Crippen LogP contribution in [0.1, 0.15) is 33.1 Å². The van der Waals surface area contributed by atoms with E-state index in [0.717, 1.165) is 58.7 Å². The molecule has 1 aliphatic heterocycles. The molecule has 1 heterocycles. The van der Waals surface area contributed by atoms with Crippen LogP contribution in [0.25, 0.3) is 0 Å². The van der Waals surface area contributed by atoms with Gasteiger partial charge in [0.2, 0.25) is 5.91 Å². The summed E-state index contributed by atoms with van der Waals surface area (Å²) in [6, 6.07) is 0.302. The van der Waals surface area contributed by atoms with Gasteiger partial charge in [-0.25, -0.2) is 4.99 Å². The lowest BCUT2D eigenvalue weighted by molar-refractivity contribution is -0.127. The van der Waals surface area contributed by atoms with Crippen molar-refractivity contribution in [3.63, 3.8) is 0 Å². The van der Waals surface area contributed by atoms with Crippen LogP contribution in [-0.2, 0) is 14.3 Å². The fraction of sp³-hybridized carbons (Fsp3) is 0.900. The molecule has 2 unspecified atom stereocenters. The maximum Gasteiger partial charge on any atom is 0.243 e. The van der Waals surface area contributed by atoms with Gasteiger partial charge in [-0.1, -0.05) is 13.8 Å². The third kappa shape index (κ3) is 5.58. The molecule has 1 saturated carbocycles. The lowest BCUT2D eigenvalue weighted by Gasteiger charge is -2.55. The molecule has 0 aromatic heterocycles. The molecule has 2 N–H and O–H groups in total. The summed E-state index contributed by atoms with van der Waals surface area (Å²) in [4.78, 5) is 20.5. The predicted molar refractivity (Wildman–Crippen MR) is 112 cm³/mol. The molecule has 1 amide bonds. The highest BCUT2D eigenvalue weighted by atomic mass is 16.5. The normalized spacial score (nSPS) is 25.1. The Balaban J connectivity index is 1.97. The van der Waals surface area contributed by atoms with E-state index in [-0.39, 0.29) is 24.0 Å². The van der Waals surface area contributed by atoms with E-state index < -0.39 is 0 Å². The van der Waals surface area contributed by atoms with Gasteiger partial charge >= 0.3 is 0 Å². The Morgan fingerprint density at radius 3 is 2.54 bits per heavy atom. The second-order valence-electron chi connectivity index (χ2n) is 7.93. The van der Waals surface area contributed by atoms with Gasteiger partial charge in [0.1, 0.15) is 6.54 Å². The molecule has 1 aliphatic carbocycles. The highest BCUT2D eigenvalue weighted by molar-refractivity contribution is 5.85. The number of nitrogens with zero attached hydrogens (tertiary/aromatic N) is 3. The monoisotopic (exact) mass is 397 g/mol. The third-order valence-electron chi connectivity index (χ3n) is 6.39. The van der Waals surface area contributed by atoms with Gasteiger partial charge in [-0.05, 0) is 19.3 Å². The number of ether oxygens (including phenoxy) is 2. The number of likely N-dealkylation sites (N-methyl/N-ethyl adjacent to an activating group) is 1. The van der Waals surface area contributed by atoms with Crippen molar-refractivity contribution in [1.82, 2.24) is 20.4 Å². The summed E-state index contributed by atoms with van der Waals surface area (Å²) >= 11 is 0. The van der Waals surface area contributed by atoms with Crippen molar-refractivity contribution < 1.29 is 14.3 Å². The zero-order valence-electron chi connectivity index (χ0n) is 18.3. The van der Waals surface area contributed by atoms with Crippen LogP contribution in [-0.4, -0.2) is 101 Å². The van der Waals surface area contributed by atoms with E-state index in [9.17, 15) is 4.79 Å². The highest BCUT2D eigenvalue weighted by Crippen LogP contribution is 2.48. The lowest BCUT2D eigenvalue weighted by atomic mass is 9.58. The molecule has 0 aromatic rings. The number of carbonyl (C=O) groups is 1. The first-order chi connectivity index (χ1) is 13.5. The molecular formula is C20H39N5O3. The minimum Gasteiger partial charge on any atom is -0.381 e. The van der Waals surface area contributed by atoms with E-state index >= 15 is 0 Å². The van der Waals surface area contributed by atoms with Crippen LogP contribution in [0.5, 0.6) is 0 Å². The number of amides is 1. The summed E-state index contributed by atoms with van der Waals surface area (Å²) in [5, 5.41) is 7.01. The number of guanidine groups is 1. The fourth-order valence-corrected chi connectivity index (χ4v) is 4.24. The molecule has 2 fully saturated rings. The minimum absolute atomic E-state index is 0.00472. The smallest absolute Gasteiger partial charge is 0.243 e. The second-order valence-corrected chi connectivity index (χ2v) is 7.93. The van der Waals surface area contributed by atoms with Gasteiger partial charge in [-0.15, -0.1) is 0 Å². The summed E-state index contributed by atoms with van der Waals surface area (Å²) in [7, 11) is 5.31. The zero-order chi connectivity index (χ0) is 20.6. The summed E-state index contributed by atoms with van der Waals surface area (Å²) in [5.41, 5.74) is 0.118. The van der Waals surface area contributed by atoms with Crippen LogP contribution in [0, 0.1) is 5.41 Å². The Morgan fingerprint density at radius 1 is 1.29 bits per heavy atom. The predicted octanol–water partition coefficient (Wildman–Crippen LogP) is 0.536. The van der Waals surface area contributed by atoms with Crippen molar-refractivity contribution in [2.75, 3.05) is 67.1 Å². The molecule has 1 saturated heterocycles. The number of methoxy groups -OCH3 is 1. The van der Waals surface area contributed by atoms with Gasteiger partial charge in [-0.2, -0.15) is 0 Å². The number of carbonyl (C=O) groups excluding carboxylic acids is 1. The van der Waals surface area contributed by atoms with Crippen molar-refractivity contribution >= 4 is 11.9 Å². The number of nitrogens with one attached hydrogen (secondary N) is 2. The van der Waals surface area contributed by atoms with Gasteiger partial charge in [0.25, 0.3) is 0 Å². The molecule has 2 rings (SSSR count). The molecule has 28 heavy (non-hydrogen) atoms. The number of rotatable bonds is 9. The van der Waals surface area contributed by atoms with Gasteiger partial charge in [0.15, 0.2) is 5.96 Å². The zero-order valence-corrected chi connectivity index (χ0v) is 18.3. The van der Waals surface area contributed by atoms with E-state index in [2.05, 4.69) is 34.4 Å². The topological polar surface area (TPSA) is 78.4 Å². The maximum atomic E-state index is 12.0. The Labute approximate surface area is 170 Å². The molecular weight excluding hydrogens is 358 g/mol. The Bertz CT molecular complexity index is 516. The van der Waals surface area contributed by atoms with E-state index in [1.54, 1.807) is 26.1 Å². The molecule has 0 aromatic carbocycles. The van der Waals surface area contributed by atoms with Crippen molar-refractivity contribution in [1.29, 1.82) is 0 Å². The SMILES string of the molecule is CCC1(CC)C(NC(=NCC(=O)N(C)C)NCCN2CCOCC2)CC1OC. The second kappa shape index (κ2) is 11.0. The van der Waals surface area contributed by atoms with E-state index in [4.69, 9.17) is 9.47 Å². The van der Waals surface area contributed by atoms with Crippen molar-refractivity contribution in [2.45, 2.75) is 45.3 Å². The first kappa shape index (κ1) is 22.9.